The van der Waals surface area contributed by atoms with E-state index in [4.69, 9.17) is 0 Å². The van der Waals surface area contributed by atoms with Crippen molar-refractivity contribution in [3.8, 4) is 0 Å². The number of hydrogen-bond acceptors (Lipinski definition) is 4. The van der Waals surface area contributed by atoms with Crippen LogP contribution >= 0.6 is 0 Å². The number of benzene rings is 1. The summed E-state index contributed by atoms with van der Waals surface area (Å²) in [6.45, 7) is 5.58. The van der Waals surface area contributed by atoms with Gasteiger partial charge < -0.3 is 15.5 Å². The van der Waals surface area contributed by atoms with Crippen molar-refractivity contribution in [3.63, 3.8) is 0 Å². The predicted octanol–water partition coefficient (Wildman–Crippen LogP) is 1.72. The van der Waals surface area contributed by atoms with Crippen LogP contribution in [0.1, 0.15) is 21.6 Å². The molecule has 0 fully saturated rings. The van der Waals surface area contributed by atoms with Crippen molar-refractivity contribution in [1.82, 2.24) is 20.0 Å². The molecule has 2 N–H and O–H groups in total. The number of amides is 1. The number of carbonyl (C=O) groups excluding carboxylic acids is 1. The van der Waals surface area contributed by atoms with Crippen LogP contribution in [0.4, 0.5) is 5.82 Å². The number of aryl methyl sites for hydroxylation is 1. The molecule has 2 heterocycles. The number of rotatable bonds is 5. The van der Waals surface area contributed by atoms with Gasteiger partial charge in [-0.2, -0.15) is 5.10 Å². The smallest absolute Gasteiger partial charge is 0.253 e. The molecule has 0 aliphatic carbocycles. The summed E-state index contributed by atoms with van der Waals surface area (Å²) < 4.78 is 2.04. The minimum Gasteiger partial charge on any atom is -0.370 e. The van der Waals surface area contributed by atoms with Gasteiger partial charge in [-0.15, -0.1) is 0 Å². The molecule has 2 aromatic rings. The number of aromatic nitrogens is 2. The molecule has 1 amide bonds. The lowest BCUT2D eigenvalue weighted by atomic mass is 10.1. The lowest BCUT2D eigenvalue weighted by Gasteiger charge is -2.25. The van der Waals surface area contributed by atoms with Gasteiger partial charge in [0.15, 0.2) is 0 Å². The Labute approximate surface area is 142 Å². The average molecular weight is 327 g/mol. The third kappa shape index (κ3) is 3.76. The normalized spacial score (nSPS) is 16.4. The average Bonchev–Trinajstić information content (AvgIpc) is 2.93. The summed E-state index contributed by atoms with van der Waals surface area (Å²) in [5, 5.41) is 11.4. The fourth-order valence-corrected chi connectivity index (χ4v) is 3.01. The van der Waals surface area contributed by atoms with E-state index in [1.165, 1.54) is 0 Å². The Balaban J connectivity index is 1.52. The van der Waals surface area contributed by atoms with Gasteiger partial charge in [-0.1, -0.05) is 12.1 Å². The molecule has 1 atom stereocenters. The Morgan fingerprint density at radius 2 is 2.25 bits per heavy atom. The van der Waals surface area contributed by atoms with E-state index in [2.05, 4.69) is 21.8 Å². The van der Waals surface area contributed by atoms with Crippen LogP contribution in [-0.4, -0.2) is 47.8 Å². The molecule has 1 aliphatic heterocycles. The van der Waals surface area contributed by atoms with Crippen molar-refractivity contribution in [2.24, 2.45) is 5.92 Å². The Morgan fingerprint density at radius 1 is 1.42 bits per heavy atom. The number of hydrogen-bond donors (Lipinski definition) is 2. The zero-order valence-electron chi connectivity index (χ0n) is 14.5. The third-order valence-electron chi connectivity index (χ3n) is 4.25. The monoisotopic (exact) mass is 327 g/mol. The second-order valence-corrected chi connectivity index (χ2v) is 6.63. The van der Waals surface area contributed by atoms with Crippen molar-refractivity contribution < 1.29 is 4.79 Å². The van der Waals surface area contributed by atoms with Gasteiger partial charge in [0.25, 0.3) is 5.91 Å². The van der Waals surface area contributed by atoms with Crippen LogP contribution < -0.4 is 10.6 Å². The van der Waals surface area contributed by atoms with Crippen LogP contribution in [-0.2, 0) is 13.1 Å². The maximum atomic E-state index is 12.0. The lowest BCUT2D eigenvalue weighted by molar-refractivity contribution is 0.0827. The molecule has 0 radical (unpaired) electrons. The van der Waals surface area contributed by atoms with Crippen LogP contribution in [0.25, 0.3) is 0 Å². The zero-order valence-corrected chi connectivity index (χ0v) is 14.5. The van der Waals surface area contributed by atoms with Gasteiger partial charge >= 0.3 is 0 Å². The molecule has 128 valence electrons. The van der Waals surface area contributed by atoms with E-state index >= 15 is 0 Å². The fraction of sp³-hybridized carbons (Fsp3) is 0.444. The highest BCUT2D eigenvalue weighted by Crippen LogP contribution is 2.18. The van der Waals surface area contributed by atoms with E-state index in [-0.39, 0.29) is 5.91 Å². The molecule has 6 nitrogen and oxygen atoms in total. The number of nitrogens with zero attached hydrogens (tertiary/aromatic N) is 3. The van der Waals surface area contributed by atoms with Crippen molar-refractivity contribution in [2.45, 2.75) is 20.0 Å². The number of anilines is 1. The Morgan fingerprint density at radius 3 is 3.04 bits per heavy atom. The summed E-state index contributed by atoms with van der Waals surface area (Å²) in [6.07, 6.45) is 0. The highest BCUT2D eigenvalue weighted by atomic mass is 16.2. The third-order valence-corrected chi connectivity index (χ3v) is 4.25. The van der Waals surface area contributed by atoms with E-state index in [9.17, 15) is 4.79 Å². The molecule has 0 saturated heterocycles. The van der Waals surface area contributed by atoms with E-state index in [0.29, 0.717) is 5.92 Å². The van der Waals surface area contributed by atoms with Crippen molar-refractivity contribution in [3.05, 3.63) is 47.2 Å². The zero-order chi connectivity index (χ0) is 17.1. The Bertz CT molecular complexity index is 722. The Hall–Kier alpha value is -2.34. The predicted molar refractivity (Wildman–Crippen MR) is 95.1 cm³/mol. The molecule has 1 aromatic carbocycles. The summed E-state index contributed by atoms with van der Waals surface area (Å²) in [4.78, 5) is 13.6. The SMILES string of the molecule is Cc1cc2n(n1)CC(CNCc1cccc(C(=O)N(C)C)c1)CN2. The first-order valence-corrected chi connectivity index (χ1v) is 8.32. The molecule has 3 rings (SSSR count). The van der Waals surface area contributed by atoms with Gasteiger partial charge in [0.05, 0.1) is 5.69 Å². The fourth-order valence-electron chi connectivity index (χ4n) is 3.01. The van der Waals surface area contributed by atoms with Crippen molar-refractivity contribution in [2.75, 3.05) is 32.5 Å². The molecule has 0 bridgehead atoms. The first kappa shape index (κ1) is 16.5. The van der Waals surface area contributed by atoms with Crippen LogP contribution in [0.15, 0.2) is 30.3 Å². The summed E-state index contributed by atoms with van der Waals surface area (Å²) in [5.41, 5.74) is 2.91. The first-order valence-electron chi connectivity index (χ1n) is 8.32. The highest BCUT2D eigenvalue weighted by molar-refractivity contribution is 5.94. The largest absolute Gasteiger partial charge is 0.370 e. The lowest BCUT2D eigenvalue weighted by Crippen LogP contribution is -2.35. The summed E-state index contributed by atoms with van der Waals surface area (Å²) in [7, 11) is 3.54. The van der Waals surface area contributed by atoms with E-state index < -0.39 is 0 Å². The van der Waals surface area contributed by atoms with E-state index in [1.807, 2.05) is 35.9 Å². The van der Waals surface area contributed by atoms with Gasteiger partial charge in [-0.25, -0.2) is 4.68 Å². The van der Waals surface area contributed by atoms with Crippen molar-refractivity contribution in [1.29, 1.82) is 0 Å². The summed E-state index contributed by atoms with van der Waals surface area (Å²) >= 11 is 0. The molecule has 1 aliphatic rings. The molecule has 0 saturated carbocycles. The summed E-state index contributed by atoms with van der Waals surface area (Å²) in [6, 6.07) is 9.89. The quantitative estimate of drug-likeness (QED) is 0.878. The minimum absolute atomic E-state index is 0.0370. The van der Waals surface area contributed by atoms with Crippen LogP contribution in [0.2, 0.25) is 0 Å². The highest BCUT2D eigenvalue weighted by Gasteiger charge is 2.18. The second-order valence-electron chi connectivity index (χ2n) is 6.63. The minimum atomic E-state index is 0.0370. The van der Waals surface area contributed by atoms with E-state index in [0.717, 1.165) is 48.8 Å². The van der Waals surface area contributed by atoms with Crippen LogP contribution in [0, 0.1) is 12.8 Å². The maximum absolute atomic E-state index is 12.0. The van der Waals surface area contributed by atoms with Crippen LogP contribution in [0.3, 0.4) is 0 Å². The number of carbonyl (C=O) groups is 1. The van der Waals surface area contributed by atoms with Gasteiger partial charge in [-0.05, 0) is 24.6 Å². The maximum Gasteiger partial charge on any atom is 0.253 e. The topological polar surface area (TPSA) is 62.2 Å². The summed E-state index contributed by atoms with van der Waals surface area (Å²) in [5.74, 6) is 1.65. The molecule has 24 heavy (non-hydrogen) atoms. The first-order chi connectivity index (χ1) is 11.5. The van der Waals surface area contributed by atoms with Gasteiger partial charge in [0, 0.05) is 57.8 Å². The molecule has 1 aromatic heterocycles. The number of fused-ring (bicyclic) bond motifs is 1. The standard InChI is InChI=1S/C18H25N5O/c1-13-7-17-20-11-15(12-23(17)21-13)10-19-9-14-5-4-6-16(8-14)18(24)22(2)3/h4-8,15,19-20H,9-12H2,1-3H3. The van der Waals surface area contributed by atoms with Gasteiger partial charge in [0.2, 0.25) is 0 Å². The Kier molecular flexibility index (Phi) is 4.85. The second kappa shape index (κ2) is 7.05. The van der Waals surface area contributed by atoms with E-state index in [1.54, 1.807) is 19.0 Å². The number of nitrogens with one attached hydrogen (secondary N) is 2. The molecule has 1 unspecified atom stereocenters. The van der Waals surface area contributed by atoms with Crippen LogP contribution in [0.5, 0.6) is 0 Å². The molecule has 6 heteroatoms. The molecule has 0 spiro atoms. The van der Waals surface area contributed by atoms with Crippen molar-refractivity contribution >= 4 is 11.7 Å². The van der Waals surface area contributed by atoms with Gasteiger partial charge in [-0.3, -0.25) is 4.79 Å². The molecular formula is C18H25N5O. The molecular weight excluding hydrogens is 302 g/mol. The van der Waals surface area contributed by atoms with Gasteiger partial charge in [0.1, 0.15) is 5.82 Å².